The van der Waals surface area contributed by atoms with Crippen molar-refractivity contribution < 1.29 is 14.3 Å². The SMILES string of the molecule is CCCNC(=O)N(CC(=O)N1CCc2sccc2C1COc1ccc(C)cc1C)CC(C)CC. The zero-order valence-corrected chi connectivity index (χ0v) is 22.0. The molecule has 3 amide bonds. The first-order valence-corrected chi connectivity index (χ1v) is 13.3. The molecule has 1 aliphatic heterocycles. The van der Waals surface area contributed by atoms with E-state index in [9.17, 15) is 9.59 Å². The third kappa shape index (κ3) is 6.53. The molecule has 1 N–H and O–H groups in total. The van der Waals surface area contributed by atoms with Crippen molar-refractivity contribution in [2.75, 3.05) is 32.8 Å². The molecule has 0 fully saturated rings. The van der Waals surface area contributed by atoms with E-state index in [0.29, 0.717) is 32.2 Å². The Balaban J connectivity index is 1.77. The van der Waals surface area contributed by atoms with Crippen LogP contribution in [0.15, 0.2) is 29.6 Å². The lowest BCUT2D eigenvalue weighted by molar-refractivity contribution is -0.135. The lowest BCUT2D eigenvalue weighted by Crippen LogP contribution is -2.50. The third-order valence-electron chi connectivity index (χ3n) is 6.51. The number of hydrogen-bond donors (Lipinski definition) is 1. The molecule has 7 heteroatoms. The van der Waals surface area contributed by atoms with E-state index < -0.39 is 0 Å². The first kappa shape index (κ1) is 26.1. The maximum absolute atomic E-state index is 13.6. The van der Waals surface area contributed by atoms with Crippen LogP contribution in [0.25, 0.3) is 0 Å². The van der Waals surface area contributed by atoms with E-state index in [1.807, 2.05) is 30.9 Å². The number of aryl methyl sites for hydroxylation is 2. The van der Waals surface area contributed by atoms with Crippen molar-refractivity contribution in [3.05, 3.63) is 51.2 Å². The van der Waals surface area contributed by atoms with Crippen LogP contribution in [-0.2, 0) is 11.2 Å². The zero-order valence-electron chi connectivity index (χ0n) is 21.2. The summed E-state index contributed by atoms with van der Waals surface area (Å²) in [5.74, 6) is 1.15. The van der Waals surface area contributed by atoms with Crippen molar-refractivity contribution in [2.45, 2.75) is 59.9 Å². The van der Waals surface area contributed by atoms with Crippen molar-refractivity contribution in [1.82, 2.24) is 15.1 Å². The molecule has 2 unspecified atom stereocenters. The topological polar surface area (TPSA) is 61.9 Å². The van der Waals surface area contributed by atoms with E-state index in [4.69, 9.17) is 4.74 Å². The van der Waals surface area contributed by atoms with E-state index in [2.05, 4.69) is 43.6 Å². The van der Waals surface area contributed by atoms with Crippen molar-refractivity contribution in [1.29, 1.82) is 0 Å². The van der Waals surface area contributed by atoms with Crippen LogP contribution in [0, 0.1) is 19.8 Å². The normalized spacial score (nSPS) is 16.0. The van der Waals surface area contributed by atoms with Crippen LogP contribution in [0.5, 0.6) is 5.75 Å². The summed E-state index contributed by atoms with van der Waals surface area (Å²) in [6.45, 7) is 12.7. The van der Waals surface area contributed by atoms with Crippen LogP contribution in [0.1, 0.15) is 61.2 Å². The Labute approximate surface area is 208 Å². The zero-order chi connectivity index (χ0) is 24.7. The standard InChI is InChI=1S/C27H39N3O3S/c1-6-12-28-27(32)29(16-19(3)7-2)17-26(31)30-13-10-25-22(11-14-34-25)23(30)18-33-24-9-8-20(4)15-21(24)5/h8-9,11,14-15,19,23H,6-7,10,12-13,16-18H2,1-5H3,(H,28,32). The predicted molar refractivity (Wildman–Crippen MR) is 139 cm³/mol. The fourth-order valence-electron chi connectivity index (χ4n) is 4.33. The quantitative estimate of drug-likeness (QED) is 0.494. The van der Waals surface area contributed by atoms with E-state index in [1.165, 1.54) is 16.0 Å². The highest BCUT2D eigenvalue weighted by Crippen LogP contribution is 2.34. The van der Waals surface area contributed by atoms with Gasteiger partial charge in [-0.1, -0.05) is 44.9 Å². The molecule has 0 aliphatic carbocycles. The number of carbonyl (C=O) groups is 2. The molecule has 0 radical (unpaired) electrons. The first-order chi connectivity index (χ1) is 16.3. The van der Waals surface area contributed by atoms with Gasteiger partial charge in [0, 0.05) is 24.5 Å². The van der Waals surface area contributed by atoms with Gasteiger partial charge in [0.15, 0.2) is 0 Å². The number of thiophene rings is 1. The Morgan fingerprint density at radius 1 is 1.26 bits per heavy atom. The number of rotatable bonds is 10. The molecule has 3 rings (SSSR count). The van der Waals surface area contributed by atoms with E-state index in [0.717, 1.165) is 30.6 Å². The molecule has 0 bridgehead atoms. The molecule has 1 aromatic heterocycles. The average Bonchev–Trinajstić information content (AvgIpc) is 3.30. The van der Waals surface area contributed by atoms with Crippen LogP contribution < -0.4 is 10.1 Å². The van der Waals surface area contributed by atoms with Gasteiger partial charge in [0.2, 0.25) is 5.91 Å². The molecule has 186 valence electrons. The highest BCUT2D eigenvalue weighted by molar-refractivity contribution is 7.10. The Morgan fingerprint density at radius 2 is 2.06 bits per heavy atom. The predicted octanol–water partition coefficient (Wildman–Crippen LogP) is 5.34. The Kier molecular flexibility index (Phi) is 9.39. The summed E-state index contributed by atoms with van der Waals surface area (Å²) in [7, 11) is 0. The lowest BCUT2D eigenvalue weighted by atomic mass is 10.00. The molecule has 1 aliphatic rings. The van der Waals surface area contributed by atoms with Crippen molar-refractivity contribution >= 4 is 23.3 Å². The summed E-state index contributed by atoms with van der Waals surface area (Å²) in [5.41, 5.74) is 3.45. The fraction of sp³-hybridized carbons (Fsp3) is 0.556. The highest BCUT2D eigenvalue weighted by atomic mass is 32.1. The Morgan fingerprint density at radius 3 is 2.76 bits per heavy atom. The second kappa shape index (κ2) is 12.2. The summed E-state index contributed by atoms with van der Waals surface area (Å²) in [6, 6.07) is 7.94. The number of benzene rings is 1. The minimum Gasteiger partial charge on any atom is -0.491 e. The van der Waals surface area contributed by atoms with Gasteiger partial charge in [-0.2, -0.15) is 0 Å². The highest BCUT2D eigenvalue weighted by Gasteiger charge is 2.33. The van der Waals surface area contributed by atoms with E-state index in [1.54, 1.807) is 16.2 Å². The summed E-state index contributed by atoms with van der Waals surface area (Å²) < 4.78 is 6.24. The molecular weight excluding hydrogens is 446 g/mol. The lowest BCUT2D eigenvalue weighted by Gasteiger charge is -2.37. The second-order valence-corrected chi connectivity index (χ2v) is 10.4. The van der Waals surface area contributed by atoms with Crippen LogP contribution >= 0.6 is 11.3 Å². The maximum atomic E-state index is 13.6. The maximum Gasteiger partial charge on any atom is 0.317 e. The number of carbonyl (C=O) groups excluding carboxylic acids is 2. The van der Waals surface area contributed by atoms with Crippen LogP contribution in [0.3, 0.4) is 0 Å². The molecule has 0 saturated heterocycles. The van der Waals surface area contributed by atoms with Gasteiger partial charge in [0.25, 0.3) is 0 Å². The number of hydrogen-bond acceptors (Lipinski definition) is 4. The first-order valence-electron chi connectivity index (χ1n) is 12.4. The van der Waals surface area contributed by atoms with Crippen LogP contribution in [-0.4, -0.2) is 54.5 Å². The number of urea groups is 1. The molecule has 34 heavy (non-hydrogen) atoms. The summed E-state index contributed by atoms with van der Waals surface area (Å²) in [5, 5.41) is 5.04. The van der Waals surface area contributed by atoms with Crippen molar-refractivity contribution in [3.8, 4) is 5.75 Å². The minimum atomic E-state index is -0.160. The number of ether oxygens (including phenoxy) is 1. The van der Waals surface area contributed by atoms with Gasteiger partial charge in [-0.15, -0.1) is 11.3 Å². The van der Waals surface area contributed by atoms with Gasteiger partial charge < -0.3 is 19.9 Å². The Hall–Kier alpha value is -2.54. The van der Waals surface area contributed by atoms with Gasteiger partial charge in [0.05, 0.1) is 6.04 Å². The number of fused-ring (bicyclic) bond motifs is 1. The van der Waals surface area contributed by atoms with Gasteiger partial charge in [0.1, 0.15) is 18.9 Å². The van der Waals surface area contributed by atoms with Gasteiger partial charge in [-0.3, -0.25) is 4.79 Å². The second-order valence-electron chi connectivity index (χ2n) is 9.36. The van der Waals surface area contributed by atoms with Gasteiger partial charge in [-0.05, 0) is 61.2 Å². The van der Waals surface area contributed by atoms with E-state index in [-0.39, 0.29) is 24.5 Å². The molecule has 1 aromatic carbocycles. The van der Waals surface area contributed by atoms with E-state index >= 15 is 0 Å². The summed E-state index contributed by atoms with van der Waals surface area (Å²) in [6.07, 6.45) is 2.66. The minimum absolute atomic E-state index is 0.0268. The monoisotopic (exact) mass is 485 g/mol. The number of nitrogens with one attached hydrogen (secondary N) is 1. The number of amides is 3. The summed E-state index contributed by atoms with van der Waals surface area (Å²) in [4.78, 5) is 31.3. The van der Waals surface area contributed by atoms with Gasteiger partial charge in [-0.25, -0.2) is 4.79 Å². The molecule has 0 spiro atoms. The van der Waals surface area contributed by atoms with Crippen LogP contribution in [0.4, 0.5) is 4.79 Å². The molecular formula is C27H39N3O3S. The number of nitrogens with zero attached hydrogens (tertiary/aromatic N) is 2. The molecule has 2 atom stereocenters. The molecule has 2 aromatic rings. The van der Waals surface area contributed by atoms with Crippen molar-refractivity contribution in [2.24, 2.45) is 5.92 Å². The smallest absolute Gasteiger partial charge is 0.317 e. The third-order valence-corrected chi connectivity index (χ3v) is 7.51. The van der Waals surface area contributed by atoms with Crippen LogP contribution in [0.2, 0.25) is 0 Å². The molecule has 2 heterocycles. The fourth-order valence-corrected chi connectivity index (χ4v) is 5.26. The molecule has 6 nitrogen and oxygen atoms in total. The van der Waals surface area contributed by atoms with Gasteiger partial charge >= 0.3 is 6.03 Å². The summed E-state index contributed by atoms with van der Waals surface area (Å²) >= 11 is 1.74. The molecule has 0 saturated carbocycles. The largest absolute Gasteiger partial charge is 0.491 e. The van der Waals surface area contributed by atoms with Crippen molar-refractivity contribution in [3.63, 3.8) is 0 Å². The Bertz CT molecular complexity index is 974. The average molecular weight is 486 g/mol.